The summed E-state index contributed by atoms with van der Waals surface area (Å²) >= 11 is 0. The van der Waals surface area contributed by atoms with Crippen LogP contribution in [0.3, 0.4) is 0 Å². The standard InChI is InChI=1S/C34H38N2O3/c37-33(39-23-25-12-5-2-6-13-25)36-19-17-34-16-8-7-15-28(34)30(36)20-27-26-14-9-18-35-32(26)31(21-29(27)34)38-22-24-10-3-1-4-11-24/h1-6,10-13,21,28,30,35H,7-9,14-20,22-23H2/t28-,30+,34+/m1/s1. The Bertz CT molecular complexity index is 1340. The fourth-order valence-corrected chi connectivity index (χ4v) is 8.03. The number of benzene rings is 3. The van der Waals surface area contributed by atoms with Crippen LogP contribution in [0.15, 0.2) is 66.7 Å². The molecule has 5 nitrogen and oxygen atoms in total. The topological polar surface area (TPSA) is 50.8 Å². The molecule has 2 fully saturated rings. The van der Waals surface area contributed by atoms with Gasteiger partial charge in [0.15, 0.2) is 0 Å². The van der Waals surface area contributed by atoms with Crippen LogP contribution in [0.4, 0.5) is 10.5 Å². The van der Waals surface area contributed by atoms with Gasteiger partial charge in [0.05, 0.1) is 5.69 Å². The van der Waals surface area contributed by atoms with E-state index < -0.39 is 0 Å². The van der Waals surface area contributed by atoms with Gasteiger partial charge in [-0.25, -0.2) is 4.79 Å². The van der Waals surface area contributed by atoms with Crippen LogP contribution in [-0.4, -0.2) is 30.1 Å². The zero-order valence-corrected chi connectivity index (χ0v) is 22.7. The maximum Gasteiger partial charge on any atom is 0.410 e. The number of likely N-dealkylation sites (tertiary alicyclic amines) is 1. The Morgan fingerprint density at radius 3 is 2.49 bits per heavy atom. The third-order valence-electron chi connectivity index (χ3n) is 9.81. The molecule has 1 saturated heterocycles. The van der Waals surface area contributed by atoms with Crippen LogP contribution >= 0.6 is 0 Å². The molecule has 1 saturated carbocycles. The molecular formula is C34H38N2O3. The molecule has 2 aliphatic carbocycles. The zero-order valence-electron chi connectivity index (χ0n) is 22.7. The molecule has 3 aromatic carbocycles. The highest BCUT2D eigenvalue weighted by Crippen LogP contribution is 2.58. The Morgan fingerprint density at radius 2 is 1.69 bits per heavy atom. The fraction of sp³-hybridized carbons (Fsp3) is 0.441. The maximum absolute atomic E-state index is 13.5. The van der Waals surface area contributed by atoms with E-state index >= 15 is 0 Å². The number of hydrogen-bond acceptors (Lipinski definition) is 4. The maximum atomic E-state index is 13.5. The molecule has 1 amide bonds. The second kappa shape index (κ2) is 10.3. The van der Waals surface area contributed by atoms with Crippen molar-refractivity contribution >= 4 is 11.8 Å². The average molecular weight is 523 g/mol. The van der Waals surface area contributed by atoms with Gasteiger partial charge in [-0.2, -0.15) is 0 Å². The molecule has 202 valence electrons. The van der Waals surface area contributed by atoms with Gasteiger partial charge in [-0.3, -0.25) is 0 Å². The molecule has 7 rings (SSSR count). The number of amides is 1. The van der Waals surface area contributed by atoms with E-state index in [1.807, 2.05) is 30.3 Å². The van der Waals surface area contributed by atoms with Gasteiger partial charge >= 0.3 is 6.09 Å². The molecule has 2 bridgehead atoms. The van der Waals surface area contributed by atoms with Crippen LogP contribution in [0.25, 0.3) is 0 Å². The summed E-state index contributed by atoms with van der Waals surface area (Å²) in [6.07, 6.45) is 8.87. The third kappa shape index (κ3) is 4.36. The van der Waals surface area contributed by atoms with Crippen LogP contribution < -0.4 is 10.1 Å². The Balaban J connectivity index is 1.23. The van der Waals surface area contributed by atoms with Gasteiger partial charge in [0, 0.05) is 24.5 Å². The Hall–Kier alpha value is -3.47. The summed E-state index contributed by atoms with van der Waals surface area (Å²) in [5, 5.41) is 3.70. The van der Waals surface area contributed by atoms with Crippen LogP contribution in [0, 0.1) is 5.92 Å². The Kier molecular flexibility index (Phi) is 6.46. The highest BCUT2D eigenvalue weighted by molar-refractivity contribution is 5.72. The smallest absolute Gasteiger partial charge is 0.410 e. The number of nitrogens with zero attached hydrogens (tertiary/aromatic N) is 1. The lowest BCUT2D eigenvalue weighted by Gasteiger charge is -2.59. The van der Waals surface area contributed by atoms with E-state index in [0.29, 0.717) is 19.1 Å². The molecular weight excluding hydrogens is 484 g/mol. The molecule has 2 aliphatic heterocycles. The van der Waals surface area contributed by atoms with Crippen LogP contribution in [-0.2, 0) is 36.2 Å². The van der Waals surface area contributed by atoms with Gasteiger partial charge in [-0.15, -0.1) is 0 Å². The van der Waals surface area contributed by atoms with E-state index in [0.717, 1.165) is 50.1 Å². The molecule has 0 aromatic heterocycles. The van der Waals surface area contributed by atoms with Crippen molar-refractivity contribution < 1.29 is 14.3 Å². The van der Waals surface area contributed by atoms with Gasteiger partial charge in [-0.1, -0.05) is 73.5 Å². The van der Waals surface area contributed by atoms with E-state index in [4.69, 9.17) is 9.47 Å². The van der Waals surface area contributed by atoms with E-state index in [1.165, 1.54) is 53.6 Å². The average Bonchev–Trinajstić information content (AvgIpc) is 3.00. The van der Waals surface area contributed by atoms with Crippen LogP contribution in [0.5, 0.6) is 5.75 Å². The number of nitrogens with one attached hydrogen (secondary N) is 1. The lowest BCUT2D eigenvalue weighted by atomic mass is 9.52. The summed E-state index contributed by atoms with van der Waals surface area (Å²) in [6, 6.07) is 23.1. The minimum absolute atomic E-state index is 0.129. The second-order valence-corrected chi connectivity index (χ2v) is 11.8. The minimum atomic E-state index is -0.152. The highest BCUT2D eigenvalue weighted by atomic mass is 16.6. The summed E-state index contributed by atoms with van der Waals surface area (Å²) < 4.78 is 12.4. The van der Waals surface area contributed by atoms with Crippen molar-refractivity contribution in [2.75, 3.05) is 18.4 Å². The second-order valence-electron chi connectivity index (χ2n) is 11.8. The molecule has 0 radical (unpaired) electrons. The molecule has 2 heterocycles. The minimum Gasteiger partial charge on any atom is -0.487 e. The molecule has 3 aromatic rings. The summed E-state index contributed by atoms with van der Waals surface area (Å²) in [5.74, 6) is 1.49. The fourth-order valence-electron chi connectivity index (χ4n) is 8.03. The molecule has 0 spiro atoms. The van der Waals surface area contributed by atoms with E-state index in [9.17, 15) is 4.79 Å². The van der Waals surface area contributed by atoms with E-state index in [1.54, 1.807) is 0 Å². The normalized spacial score (nSPS) is 25.0. The number of ether oxygens (including phenoxy) is 2. The zero-order chi connectivity index (χ0) is 26.2. The van der Waals surface area contributed by atoms with E-state index in [-0.39, 0.29) is 17.6 Å². The van der Waals surface area contributed by atoms with Crippen molar-refractivity contribution in [3.8, 4) is 5.75 Å². The van der Waals surface area contributed by atoms with Gasteiger partial charge in [0.25, 0.3) is 0 Å². The van der Waals surface area contributed by atoms with Gasteiger partial charge in [0.2, 0.25) is 0 Å². The summed E-state index contributed by atoms with van der Waals surface area (Å²) in [7, 11) is 0. The lowest BCUT2D eigenvalue weighted by molar-refractivity contribution is -0.0139. The first-order valence-electron chi connectivity index (χ1n) is 14.8. The van der Waals surface area contributed by atoms with Gasteiger partial charge in [-0.05, 0) is 78.3 Å². The monoisotopic (exact) mass is 522 g/mol. The van der Waals surface area contributed by atoms with Crippen molar-refractivity contribution in [3.05, 3.63) is 94.5 Å². The van der Waals surface area contributed by atoms with Gasteiger partial charge < -0.3 is 19.7 Å². The molecule has 0 unspecified atom stereocenters. The van der Waals surface area contributed by atoms with Crippen molar-refractivity contribution in [2.24, 2.45) is 5.92 Å². The quantitative estimate of drug-likeness (QED) is 0.391. The number of piperidine rings is 1. The third-order valence-corrected chi connectivity index (χ3v) is 9.81. The predicted molar refractivity (Wildman–Crippen MR) is 153 cm³/mol. The molecule has 5 heteroatoms. The van der Waals surface area contributed by atoms with Crippen molar-refractivity contribution in [1.29, 1.82) is 0 Å². The lowest BCUT2D eigenvalue weighted by Crippen LogP contribution is -2.62. The SMILES string of the molecule is O=C(OCc1ccccc1)N1CC[C@@]23CCCC[C@@H]2[C@@H]1Cc1c3cc(OCc2ccccc2)c2c1CCCN2. The van der Waals surface area contributed by atoms with Crippen molar-refractivity contribution in [3.63, 3.8) is 0 Å². The summed E-state index contributed by atoms with van der Waals surface area (Å²) in [4.78, 5) is 15.6. The highest BCUT2D eigenvalue weighted by Gasteiger charge is 2.56. The number of hydrogen-bond donors (Lipinski definition) is 1. The van der Waals surface area contributed by atoms with Gasteiger partial charge in [0.1, 0.15) is 19.0 Å². The first kappa shape index (κ1) is 24.6. The first-order chi connectivity index (χ1) is 19.2. The van der Waals surface area contributed by atoms with Crippen LogP contribution in [0.2, 0.25) is 0 Å². The van der Waals surface area contributed by atoms with E-state index in [2.05, 4.69) is 46.6 Å². The number of anilines is 1. The Morgan fingerprint density at radius 1 is 0.923 bits per heavy atom. The number of carbonyl (C=O) groups excluding carboxylic acids is 1. The molecule has 3 atom stereocenters. The Labute approximate surface area is 231 Å². The van der Waals surface area contributed by atoms with Crippen molar-refractivity contribution in [2.45, 2.75) is 76.0 Å². The largest absolute Gasteiger partial charge is 0.487 e. The van der Waals surface area contributed by atoms with Crippen molar-refractivity contribution in [1.82, 2.24) is 4.90 Å². The summed E-state index contributed by atoms with van der Waals surface area (Å²) in [5.41, 5.74) is 7.96. The molecule has 39 heavy (non-hydrogen) atoms. The predicted octanol–water partition coefficient (Wildman–Crippen LogP) is 7.02. The van der Waals surface area contributed by atoms with Crippen LogP contribution in [0.1, 0.15) is 66.3 Å². The molecule has 4 aliphatic rings. The summed E-state index contributed by atoms with van der Waals surface area (Å²) in [6.45, 7) is 2.65. The first-order valence-corrected chi connectivity index (χ1v) is 14.8. The number of fused-ring (bicyclic) bond motifs is 3. The number of rotatable bonds is 5. The number of carbonyl (C=O) groups is 1. The molecule has 1 N–H and O–H groups in total.